The predicted octanol–water partition coefficient (Wildman–Crippen LogP) is 4.82. The molecule has 2 fully saturated rings. The number of rotatable bonds is 6. The third kappa shape index (κ3) is 4.34. The van der Waals surface area contributed by atoms with Gasteiger partial charge >= 0.3 is 0 Å². The molecule has 36 heavy (non-hydrogen) atoms. The Hall–Kier alpha value is -3.39. The van der Waals surface area contributed by atoms with Crippen LogP contribution in [0, 0.1) is 0 Å². The molecule has 1 aromatic heterocycles. The average molecular weight is 497 g/mol. The first-order valence-electron chi connectivity index (χ1n) is 12.4. The molecule has 2 heterocycles. The molecule has 0 radical (unpaired) electrons. The molecule has 1 atom stereocenters. The number of carbonyl (C=O) groups is 1. The number of piperazine rings is 1. The zero-order valence-corrected chi connectivity index (χ0v) is 20.8. The van der Waals surface area contributed by atoms with E-state index in [4.69, 9.17) is 0 Å². The number of pyridine rings is 1. The minimum atomic E-state index is -1.47. The van der Waals surface area contributed by atoms with Crippen LogP contribution >= 0.6 is 0 Å². The Morgan fingerprint density at radius 3 is 2.31 bits per heavy atom. The largest absolute Gasteiger partial charge is 0.588 e. The number of para-hydroxylation sites is 1. The number of aromatic nitrogens is 1. The Kier molecular flexibility index (Phi) is 6.13. The Morgan fingerprint density at radius 2 is 1.58 bits per heavy atom. The lowest BCUT2D eigenvalue weighted by molar-refractivity contribution is 0.0531. The summed E-state index contributed by atoms with van der Waals surface area (Å²) in [5.74, 6) is 0.0464. The van der Waals surface area contributed by atoms with Crippen molar-refractivity contribution in [3.63, 3.8) is 0 Å². The molecule has 6 nitrogen and oxygen atoms in total. The topological polar surface area (TPSA) is 71.5 Å². The molecule has 1 unspecified atom stereocenters. The van der Waals surface area contributed by atoms with Crippen molar-refractivity contribution in [1.82, 2.24) is 14.8 Å². The highest BCUT2D eigenvalue weighted by atomic mass is 32.2. The van der Waals surface area contributed by atoms with Crippen LogP contribution < -0.4 is 4.72 Å². The maximum atomic E-state index is 13.2. The molecular formula is C29H28N4O2S. The summed E-state index contributed by atoms with van der Waals surface area (Å²) in [7, 11) is 0. The number of fused-ring (bicyclic) bond motifs is 1. The minimum absolute atomic E-state index is 0.0464. The second kappa shape index (κ2) is 9.58. The second-order valence-electron chi connectivity index (χ2n) is 9.46. The lowest BCUT2D eigenvalue weighted by Gasteiger charge is -2.40. The molecule has 6 rings (SSSR count). The van der Waals surface area contributed by atoms with Crippen molar-refractivity contribution in [1.29, 1.82) is 0 Å². The number of amides is 1. The molecule has 1 aliphatic heterocycles. The summed E-state index contributed by atoms with van der Waals surface area (Å²) in [6.07, 6.45) is 4.08. The number of hydrogen-bond donors (Lipinski definition) is 1. The summed E-state index contributed by atoms with van der Waals surface area (Å²) in [5, 5.41) is 0.947. The van der Waals surface area contributed by atoms with E-state index in [1.807, 2.05) is 59.5 Å². The molecule has 1 saturated carbocycles. The van der Waals surface area contributed by atoms with Crippen LogP contribution in [0.5, 0.6) is 0 Å². The van der Waals surface area contributed by atoms with Gasteiger partial charge in [0.15, 0.2) is 0 Å². The van der Waals surface area contributed by atoms with Crippen molar-refractivity contribution >= 4 is 33.9 Å². The molecule has 1 N–H and O–H groups in total. The molecule has 4 aromatic rings. The van der Waals surface area contributed by atoms with Crippen molar-refractivity contribution < 1.29 is 9.35 Å². The summed E-state index contributed by atoms with van der Waals surface area (Å²) >= 11 is -1.47. The fourth-order valence-electron chi connectivity index (χ4n) is 5.24. The number of nitrogens with zero attached hydrogens (tertiary/aromatic N) is 3. The van der Waals surface area contributed by atoms with Gasteiger partial charge in [0.1, 0.15) is 16.9 Å². The third-order valence-electron chi connectivity index (χ3n) is 7.34. The van der Waals surface area contributed by atoms with Crippen molar-refractivity contribution in [2.45, 2.75) is 23.3 Å². The average Bonchev–Trinajstić information content (AvgIpc) is 3.76. The van der Waals surface area contributed by atoms with Crippen LogP contribution in [0.4, 0.5) is 5.69 Å². The van der Waals surface area contributed by atoms with E-state index in [-0.39, 0.29) is 11.4 Å². The van der Waals surface area contributed by atoms with Crippen molar-refractivity contribution in [3.8, 4) is 0 Å². The van der Waals surface area contributed by atoms with E-state index in [2.05, 4.69) is 44.9 Å². The fourth-order valence-corrected chi connectivity index (χ4v) is 6.25. The molecule has 182 valence electrons. The number of carbonyl (C=O) groups excluding carboxylic acids is 1. The lowest BCUT2D eigenvalue weighted by Crippen LogP contribution is -2.52. The molecule has 1 amide bonds. The van der Waals surface area contributed by atoms with Gasteiger partial charge in [-0.25, -0.2) is 4.72 Å². The van der Waals surface area contributed by atoms with Gasteiger partial charge < -0.3 is 9.45 Å². The van der Waals surface area contributed by atoms with Gasteiger partial charge in [0.25, 0.3) is 5.91 Å². The zero-order valence-electron chi connectivity index (χ0n) is 20.0. The van der Waals surface area contributed by atoms with Crippen molar-refractivity contribution in [2.75, 3.05) is 30.9 Å². The summed E-state index contributed by atoms with van der Waals surface area (Å²) < 4.78 is 16.0. The first-order chi connectivity index (χ1) is 17.6. The highest BCUT2D eigenvalue weighted by molar-refractivity contribution is 7.93. The Bertz CT molecular complexity index is 1360. The molecule has 2 aliphatic rings. The highest BCUT2D eigenvalue weighted by Gasteiger charge is 2.49. The lowest BCUT2D eigenvalue weighted by atomic mass is 10.0. The van der Waals surface area contributed by atoms with E-state index in [9.17, 15) is 9.35 Å². The smallest absolute Gasteiger partial charge is 0.253 e. The molecular weight excluding hydrogens is 468 g/mol. The minimum Gasteiger partial charge on any atom is -0.588 e. The molecule has 7 heteroatoms. The quantitative estimate of drug-likeness (QED) is 0.388. The summed E-state index contributed by atoms with van der Waals surface area (Å²) in [6, 6.07) is 27.5. The first-order valence-corrected chi connectivity index (χ1v) is 13.5. The highest BCUT2D eigenvalue weighted by Crippen LogP contribution is 2.51. The number of anilines is 1. The first kappa shape index (κ1) is 23.0. The number of nitrogens with one attached hydrogen (secondary N) is 1. The maximum absolute atomic E-state index is 13.2. The van der Waals surface area contributed by atoms with E-state index in [1.54, 1.807) is 6.20 Å². The number of benzene rings is 3. The monoisotopic (exact) mass is 496 g/mol. The van der Waals surface area contributed by atoms with E-state index < -0.39 is 11.4 Å². The van der Waals surface area contributed by atoms with E-state index in [1.165, 1.54) is 18.4 Å². The van der Waals surface area contributed by atoms with Gasteiger partial charge in [-0.3, -0.25) is 14.7 Å². The van der Waals surface area contributed by atoms with E-state index in [0.29, 0.717) is 16.1 Å². The van der Waals surface area contributed by atoms with Crippen LogP contribution in [0.2, 0.25) is 0 Å². The molecule has 0 bridgehead atoms. The van der Waals surface area contributed by atoms with Crippen molar-refractivity contribution in [2.24, 2.45) is 0 Å². The Labute approximate surface area is 214 Å². The predicted molar refractivity (Wildman–Crippen MR) is 143 cm³/mol. The van der Waals surface area contributed by atoms with Gasteiger partial charge in [-0.1, -0.05) is 48.5 Å². The molecule has 3 aromatic carbocycles. The van der Waals surface area contributed by atoms with Gasteiger partial charge in [0, 0.05) is 48.9 Å². The third-order valence-corrected chi connectivity index (χ3v) is 8.49. The Morgan fingerprint density at radius 1 is 0.861 bits per heavy atom. The molecule has 0 spiro atoms. The second-order valence-corrected chi connectivity index (χ2v) is 10.6. The Balaban J connectivity index is 1.08. The van der Waals surface area contributed by atoms with Crippen LogP contribution in [-0.2, 0) is 16.9 Å². The standard InChI is InChI=1S/C29H28N4O2S/c34-28(32-18-20-33(21-19-32)29(15-16-29)24-8-2-1-3-9-24)23-11-13-25(14-12-23)31-36(35)26-10-4-6-22-7-5-17-30-27(22)26/h1-14,17,31H,15-16,18-21H2. The zero-order chi connectivity index (χ0) is 24.5. The van der Waals surface area contributed by atoms with Crippen LogP contribution in [-0.4, -0.2) is 51.4 Å². The fraction of sp³-hybridized carbons (Fsp3) is 0.241. The van der Waals surface area contributed by atoms with E-state index in [0.717, 1.165) is 37.1 Å². The van der Waals surface area contributed by atoms with Gasteiger partial charge in [-0.2, -0.15) is 0 Å². The van der Waals surface area contributed by atoms with Gasteiger partial charge in [-0.15, -0.1) is 0 Å². The summed E-state index contributed by atoms with van der Waals surface area (Å²) in [4.78, 5) is 22.7. The van der Waals surface area contributed by atoms with Crippen LogP contribution in [0.15, 0.2) is 96.0 Å². The SMILES string of the molecule is O=C(c1ccc(N[S+]([O-])c2cccc3cccnc23)cc1)N1CCN(C2(c3ccccc3)CC2)CC1. The molecule has 1 saturated heterocycles. The van der Waals surface area contributed by atoms with E-state index >= 15 is 0 Å². The summed E-state index contributed by atoms with van der Waals surface area (Å²) in [6.45, 7) is 3.23. The van der Waals surface area contributed by atoms with Crippen LogP contribution in [0.25, 0.3) is 10.9 Å². The molecule has 1 aliphatic carbocycles. The number of hydrogen-bond acceptors (Lipinski definition) is 5. The van der Waals surface area contributed by atoms with Gasteiger partial charge in [0.2, 0.25) is 4.90 Å². The maximum Gasteiger partial charge on any atom is 0.253 e. The van der Waals surface area contributed by atoms with Crippen molar-refractivity contribution in [3.05, 3.63) is 102 Å². The summed E-state index contributed by atoms with van der Waals surface area (Å²) in [5.41, 5.74) is 3.62. The van der Waals surface area contributed by atoms with Gasteiger partial charge in [0.05, 0.1) is 5.69 Å². The normalized spacial score (nSPS) is 18.1. The van der Waals surface area contributed by atoms with Crippen LogP contribution in [0.1, 0.15) is 28.8 Å². The van der Waals surface area contributed by atoms with Crippen LogP contribution in [0.3, 0.4) is 0 Å². The van der Waals surface area contributed by atoms with Gasteiger partial charge in [-0.05, 0) is 54.8 Å².